The molecule has 0 amide bonds. The molecule has 1 fully saturated rings. The molecule has 2 rings (SSSR count). The first-order valence-corrected chi connectivity index (χ1v) is 5.55. The van der Waals surface area contributed by atoms with Gasteiger partial charge in [-0.2, -0.15) is 0 Å². The predicted octanol–water partition coefficient (Wildman–Crippen LogP) is 3.71. The van der Waals surface area contributed by atoms with Crippen molar-refractivity contribution in [2.75, 3.05) is 11.9 Å². The zero-order valence-corrected chi connectivity index (χ0v) is 8.90. The van der Waals surface area contributed by atoms with E-state index in [-0.39, 0.29) is 0 Å². The molecule has 88 valence electrons. The van der Waals surface area contributed by atoms with E-state index in [1.54, 1.807) is 0 Å². The topological polar surface area (TPSA) is 12.0 Å². The highest BCUT2D eigenvalue weighted by atomic mass is 19.2. The van der Waals surface area contributed by atoms with E-state index in [0.717, 1.165) is 25.0 Å². The van der Waals surface area contributed by atoms with Crippen molar-refractivity contribution in [3.05, 3.63) is 29.6 Å². The SMILES string of the molecule is Fc1cc(NCC2CCCC2)cc(F)c1F. The van der Waals surface area contributed by atoms with Crippen molar-refractivity contribution < 1.29 is 13.2 Å². The molecule has 1 aromatic rings. The van der Waals surface area contributed by atoms with Crippen LogP contribution in [0, 0.1) is 23.4 Å². The van der Waals surface area contributed by atoms with Crippen LogP contribution < -0.4 is 5.32 Å². The fourth-order valence-corrected chi connectivity index (χ4v) is 2.13. The number of halogens is 3. The number of anilines is 1. The Morgan fingerprint density at radius 2 is 1.62 bits per heavy atom. The average molecular weight is 229 g/mol. The summed E-state index contributed by atoms with van der Waals surface area (Å²) in [7, 11) is 0. The van der Waals surface area contributed by atoms with Gasteiger partial charge in [-0.15, -0.1) is 0 Å². The maximum atomic E-state index is 12.9. The summed E-state index contributed by atoms with van der Waals surface area (Å²) in [5, 5.41) is 2.95. The maximum Gasteiger partial charge on any atom is 0.194 e. The lowest BCUT2D eigenvalue weighted by Gasteiger charge is -2.12. The highest BCUT2D eigenvalue weighted by Crippen LogP contribution is 2.25. The number of hydrogen-bond acceptors (Lipinski definition) is 1. The summed E-state index contributed by atoms with van der Waals surface area (Å²) in [4.78, 5) is 0. The summed E-state index contributed by atoms with van der Waals surface area (Å²) in [6.45, 7) is 0.699. The van der Waals surface area contributed by atoms with Gasteiger partial charge in [0.15, 0.2) is 17.5 Å². The Balaban J connectivity index is 1.98. The van der Waals surface area contributed by atoms with E-state index in [4.69, 9.17) is 0 Å². The summed E-state index contributed by atoms with van der Waals surface area (Å²) >= 11 is 0. The third kappa shape index (κ3) is 2.49. The molecule has 1 N–H and O–H groups in total. The van der Waals surface area contributed by atoms with Gasteiger partial charge in [0.05, 0.1) is 0 Å². The molecular formula is C12H14F3N. The van der Waals surface area contributed by atoms with E-state index in [2.05, 4.69) is 5.32 Å². The molecule has 0 unspecified atom stereocenters. The highest BCUT2D eigenvalue weighted by molar-refractivity contribution is 5.44. The fourth-order valence-electron chi connectivity index (χ4n) is 2.13. The van der Waals surface area contributed by atoms with E-state index in [1.807, 2.05) is 0 Å². The second-order valence-electron chi connectivity index (χ2n) is 4.29. The number of rotatable bonds is 3. The molecule has 1 aliphatic rings. The van der Waals surface area contributed by atoms with Gasteiger partial charge >= 0.3 is 0 Å². The molecule has 16 heavy (non-hydrogen) atoms. The summed E-state index contributed by atoms with van der Waals surface area (Å²) in [5.74, 6) is -3.13. The quantitative estimate of drug-likeness (QED) is 0.779. The maximum absolute atomic E-state index is 12.9. The smallest absolute Gasteiger partial charge is 0.194 e. The monoisotopic (exact) mass is 229 g/mol. The first-order valence-electron chi connectivity index (χ1n) is 5.55. The second kappa shape index (κ2) is 4.76. The zero-order valence-electron chi connectivity index (χ0n) is 8.90. The minimum atomic E-state index is -1.41. The molecule has 0 saturated heterocycles. The number of hydrogen-bond donors (Lipinski definition) is 1. The molecule has 1 aliphatic carbocycles. The van der Waals surface area contributed by atoms with Gasteiger partial charge in [0.25, 0.3) is 0 Å². The first-order chi connectivity index (χ1) is 7.66. The van der Waals surface area contributed by atoms with Crippen LogP contribution in [0.15, 0.2) is 12.1 Å². The Morgan fingerprint density at radius 1 is 1.06 bits per heavy atom. The van der Waals surface area contributed by atoms with Crippen LogP contribution in [-0.4, -0.2) is 6.54 Å². The molecule has 0 atom stereocenters. The van der Waals surface area contributed by atoms with E-state index in [0.29, 0.717) is 18.2 Å². The Hall–Kier alpha value is -1.19. The van der Waals surface area contributed by atoms with E-state index in [9.17, 15) is 13.2 Å². The molecule has 1 nitrogen and oxygen atoms in total. The van der Waals surface area contributed by atoms with Gasteiger partial charge in [0, 0.05) is 24.4 Å². The minimum absolute atomic E-state index is 0.309. The Labute approximate surface area is 92.7 Å². The van der Waals surface area contributed by atoms with Gasteiger partial charge < -0.3 is 5.32 Å². The Bertz CT molecular complexity index is 350. The molecule has 1 aromatic carbocycles. The zero-order chi connectivity index (χ0) is 11.5. The van der Waals surface area contributed by atoms with Crippen molar-refractivity contribution in [1.29, 1.82) is 0 Å². The molecule has 4 heteroatoms. The van der Waals surface area contributed by atoms with E-state index < -0.39 is 17.5 Å². The van der Waals surface area contributed by atoms with Crippen LogP contribution in [0.4, 0.5) is 18.9 Å². The lowest BCUT2D eigenvalue weighted by atomic mass is 10.1. The minimum Gasteiger partial charge on any atom is -0.385 e. The fraction of sp³-hybridized carbons (Fsp3) is 0.500. The average Bonchev–Trinajstić information content (AvgIpc) is 2.75. The summed E-state index contributed by atoms with van der Waals surface area (Å²) in [6.07, 6.45) is 4.75. The normalized spacial score (nSPS) is 16.7. The van der Waals surface area contributed by atoms with Gasteiger partial charge in [0.1, 0.15) is 0 Å². The van der Waals surface area contributed by atoms with Crippen LogP contribution in [0.1, 0.15) is 25.7 Å². The van der Waals surface area contributed by atoms with Gasteiger partial charge in [-0.05, 0) is 18.8 Å². The third-order valence-corrected chi connectivity index (χ3v) is 3.05. The van der Waals surface area contributed by atoms with Crippen molar-refractivity contribution in [3.8, 4) is 0 Å². The molecule has 0 radical (unpaired) electrons. The molecule has 0 aliphatic heterocycles. The summed E-state index contributed by atoms with van der Waals surface area (Å²) < 4.78 is 38.4. The molecule has 0 bridgehead atoms. The van der Waals surface area contributed by atoms with Crippen LogP contribution in [-0.2, 0) is 0 Å². The highest BCUT2D eigenvalue weighted by Gasteiger charge is 2.15. The molecule has 0 heterocycles. The van der Waals surface area contributed by atoms with Crippen molar-refractivity contribution in [2.45, 2.75) is 25.7 Å². The van der Waals surface area contributed by atoms with Crippen LogP contribution in [0.2, 0.25) is 0 Å². The number of benzene rings is 1. The second-order valence-corrected chi connectivity index (χ2v) is 4.29. The van der Waals surface area contributed by atoms with Crippen LogP contribution in [0.5, 0.6) is 0 Å². The van der Waals surface area contributed by atoms with Gasteiger partial charge in [0.2, 0.25) is 0 Å². The standard InChI is InChI=1S/C12H14F3N/c13-10-5-9(6-11(14)12(10)15)16-7-8-3-1-2-4-8/h5-6,8,16H,1-4,7H2. The van der Waals surface area contributed by atoms with Gasteiger partial charge in [-0.3, -0.25) is 0 Å². The Morgan fingerprint density at radius 3 is 2.19 bits per heavy atom. The summed E-state index contributed by atoms with van der Waals surface area (Å²) in [6, 6.07) is 1.99. The Kier molecular flexibility index (Phi) is 3.36. The van der Waals surface area contributed by atoms with Crippen LogP contribution in [0.3, 0.4) is 0 Å². The number of nitrogens with one attached hydrogen (secondary N) is 1. The van der Waals surface area contributed by atoms with Crippen LogP contribution in [0.25, 0.3) is 0 Å². The molecule has 1 saturated carbocycles. The lowest BCUT2D eigenvalue weighted by molar-refractivity contribution is 0.447. The van der Waals surface area contributed by atoms with Crippen molar-refractivity contribution in [3.63, 3.8) is 0 Å². The first kappa shape index (κ1) is 11.3. The lowest BCUT2D eigenvalue weighted by Crippen LogP contribution is -2.11. The molecular weight excluding hydrogens is 215 g/mol. The van der Waals surface area contributed by atoms with E-state index >= 15 is 0 Å². The van der Waals surface area contributed by atoms with Gasteiger partial charge in [-0.25, -0.2) is 13.2 Å². The van der Waals surface area contributed by atoms with Crippen molar-refractivity contribution in [2.24, 2.45) is 5.92 Å². The van der Waals surface area contributed by atoms with Crippen LogP contribution >= 0.6 is 0 Å². The summed E-state index contributed by atoms with van der Waals surface area (Å²) in [5.41, 5.74) is 0.309. The van der Waals surface area contributed by atoms with Crippen molar-refractivity contribution >= 4 is 5.69 Å². The predicted molar refractivity (Wildman–Crippen MR) is 56.8 cm³/mol. The van der Waals surface area contributed by atoms with E-state index in [1.165, 1.54) is 12.8 Å². The third-order valence-electron chi connectivity index (χ3n) is 3.05. The van der Waals surface area contributed by atoms with Crippen molar-refractivity contribution in [1.82, 2.24) is 0 Å². The van der Waals surface area contributed by atoms with Gasteiger partial charge in [-0.1, -0.05) is 12.8 Å². The molecule has 0 spiro atoms. The molecule has 0 aromatic heterocycles. The largest absolute Gasteiger partial charge is 0.385 e.